The average Bonchev–Trinajstić information content (AvgIpc) is 1.90. The van der Waals surface area contributed by atoms with Gasteiger partial charge in [0.2, 0.25) is 0 Å². The highest BCUT2D eigenvalue weighted by Crippen LogP contribution is 2.31. The standard InChI is InChI=1S/C7H12O2S2/c1-3-7(4-2,5(8)10)6(9)11/h3-4H2,1-2H3,(H,8,10)(H,9,11). The molecule has 0 spiro atoms. The lowest BCUT2D eigenvalue weighted by Gasteiger charge is -2.23. The van der Waals surface area contributed by atoms with Gasteiger partial charge in [0.1, 0.15) is 5.41 Å². The van der Waals surface area contributed by atoms with Crippen LogP contribution >= 0.6 is 25.3 Å². The molecule has 0 saturated heterocycles. The van der Waals surface area contributed by atoms with Gasteiger partial charge in [0, 0.05) is 0 Å². The van der Waals surface area contributed by atoms with E-state index in [1.165, 1.54) is 0 Å². The van der Waals surface area contributed by atoms with Gasteiger partial charge in [-0.3, -0.25) is 9.59 Å². The fourth-order valence-corrected chi connectivity index (χ4v) is 1.87. The van der Waals surface area contributed by atoms with Crippen molar-refractivity contribution in [2.24, 2.45) is 5.41 Å². The normalized spacial score (nSPS) is 11.3. The first kappa shape index (κ1) is 11.0. The SMILES string of the molecule is CCC(CC)(C(=O)S)C(=O)S. The lowest BCUT2D eigenvalue weighted by molar-refractivity contribution is -0.130. The third-order valence-electron chi connectivity index (χ3n) is 2.03. The van der Waals surface area contributed by atoms with E-state index in [2.05, 4.69) is 25.3 Å². The molecule has 0 aliphatic heterocycles. The molecule has 2 nitrogen and oxygen atoms in total. The Morgan fingerprint density at radius 2 is 1.36 bits per heavy atom. The molecule has 64 valence electrons. The zero-order valence-electron chi connectivity index (χ0n) is 6.63. The van der Waals surface area contributed by atoms with Gasteiger partial charge in [0.25, 0.3) is 0 Å². The average molecular weight is 192 g/mol. The zero-order valence-corrected chi connectivity index (χ0v) is 8.41. The largest absolute Gasteiger partial charge is 0.286 e. The van der Waals surface area contributed by atoms with Crippen molar-refractivity contribution in [3.05, 3.63) is 0 Å². The van der Waals surface area contributed by atoms with Crippen molar-refractivity contribution >= 4 is 35.5 Å². The second-order valence-corrected chi connectivity index (χ2v) is 3.21. The van der Waals surface area contributed by atoms with E-state index in [0.29, 0.717) is 12.8 Å². The molecule has 0 aromatic carbocycles. The number of carbonyl (C=O) groups is 2. The summed E-state index contributed by atoms with van der Waals surface area (Å²) in [4.78, 5) is 21.9. The molecule has 0 atom stereocenters. The molecule has 0 radical (unpaired) electrons. The van der Waals surface area contributed by atoms with Crippen LogP contribution in [0.15, 0.2) is 0 Å². The number of thiol groups is 2. The van der Waals surface area contributed by atoms with Gasteiger partial charge in [0.05, 0.1) is 0 Å². The third kappa shape index (κ3) is 1.99. The fraction of sp³-hybridized carbons (Fsp3) is 0.714. The van der Waals surface area contributed by atoms with Crippen LogP contribution in [0.5, 0.6) is 0 Å². The highest BCUT2D eigenvalue weighted by molar-refractivity contribution is 7.99. The Morgan fingerprint density at radius 1 is 1.09 bits per heavy atom. The fourth-order valence-electron chi connectivity index (χ4n) is 0.946. The van der Waals surface area contributed by atoms with Crippen molar-refractivity contribution in [3.63, 3.8) is 0 Å². The van der Waals surface area contributed by atoms with E-state index in [1.54, 1.807) is 13.8 Å². The molecule has 0 heterocycles. The van der Waals surface area contributed by atoms with Crippen molar-refractivity contribution in [2.75, 3.05) is 0 Å². The second-order valence-electron chi connectivity index (χ2n) is 2.40. The van der Waals surface area contributed by atoms with E-state index in [9.17, 15) is 9.59 Å². The van der Waals surface area contributed by atoms with E-state index >= 15 is 0 Å². The van der Waals surface area contributed by atoms with Crippen molar-refractivity contribution in [1.29, 1.82) is 0 Å². The monoisotopic (exact) mass is 192 g/mol. The molecule has 0 fully saturated rings. The van der Waals surface area contributed by atoms with Crippen LogP contribution in [0.1, 0.15) is 26.7 Å². The van der Waals surface area contributed by atoms with Gasteiger partial charge in [0.15, 0.2) is 10.2 Å². The number of carbonyl (C=O) groups excluding carboxylic acids is 2. The van der Waals surface area contributed by atoms with Crippen molar-refractivity contribution < 1.29 is 9.59 Å². The first-order valence-corrected chi connectivity index (χ1v) is 4.37. The lowest BCUT2D eigenvalue weighted by atomic mass is 9.85. The van der Waals surface area contributed by atoms with Crippen LogP contribution in [0.2, 0.25) is 0 Å². The van der Waals surface area contributed by atoms with Crippen LogP contribution in [0.25, 0.3) is 0 Å². The molecule has 4 heteroatoms. The minimum atomic E-state index is -0.966. The highest BCUT2D eigenvalue weighted by atomic mass is 32.1. The van der Waals surface area contributed by atoms with Crippen LogP contribution in [0.3, 0.4) is 0 Å². The molecular formula is C7H12O2S2. The summed E-state index contributed by atoms with van der Waals surface area (Å²) < 4.78 is 0. The summed E-state index contributed by atoms with van der Waals surface area (Å²) in [6, 6.07) is 0. The second kappa shape index (κ2) is 4.16. The molecule has 0 aliphatic carbocycles. The van der Waals surface area contributed by atoms with Crippen LogP contribution < -0.4 is 0 Å². The van der Waals surface area contributed by atoms with Crippen LogP contribution in [0.4, 0.5) is 0 Å². The van der Waals surface area contributed by atoms with Crippen molar-refractivity contribution in [2.45, 2.75) is 26.7 Å². The van der Waals surface area contributed by atoms with Crippen LogP contribution in [-0.2, 0) is 9.59 Å². The van der Waals surface area contributed by atoms with Crippen LogP contribution in [-0.4, -0.2) is 10.2 Å². The summed E-state index contributed by atoms with van der Waals surface area (Å²) >= 11 is 7.34. The summed E-state index contributed by atoms with van der Waals surface area (Å²) in [5.74, 6) is 0. The summed E-state index contributed by atoms with van der Waals surface area (Å²) in [5.41, 5.74) is -0.966. The molecule has 0 bridgehead atoms. The first-order valence-electron chi connectivity index (χ1n) is 3.48. The van der Waals surface area contributed by atoms with E-state index in [4.69, 9.17) is 0 Å². The Labute approximate surface area is 77.6 Å². The molecule has 0 rings (SSSR count). The Hall–Kier alpha value is 0.0400. The molecule has 0 aromatic rings. The molecule has 0 saturated carbocycles. The molecule has 0 unspecified atom stereocenters. The van der Waals surface area contributed by atoms with Gasteiger partial charge in [-0.15, -0.1) is 25.3 Å². The number of rotatable bonds is 4. The van der Waals surface area contributed by atoms with E-state index in [0.717, 1.165) is 0 Å². The predicted molar refractivity (Wildman–Crippen MR) is 51.0 cm³/mol. The van der Waals surface area contributed by atoms with Gasteiger partial charge in [-0.05, 0) is 12.8 Å². The summed E-state index contributed by atoms with van der Waals surface area (Å²) in [5, 5.41) is -0.773. The van der Waals surface area contributed by atoms with E-state index < -0.39 is 5.41 Å². The lowest BCUT2D eigenvalue weighted by Crippen LogP contribution is -2.32. The molecule has 0 aliphatic rings. The van der Waals surface area contributed by atoms with Gasteiger partial charge >= 0.3 is 0 Å². The number of hydrogen-bond acceptors (Lipinski definition) is 2. The van der Waals surface area contributed by atoms with Crippen molar-refractivity contribution in [3.8, 4) is 0 Å². The molecule has 11 heavy (non-hydrogen) atoms. The minimum absolute atomic E-state index is 0.387. The van der Waals surface area contributed by atoms with Gasteiger partial charge < -0.3 is 0 Å². The summed E-state index contributed by atoms with van der Waals surface area (Å²) in [6.07, 6.45) is 0.933. The Bertz CT molecular complexity index is 157. The third-order valence-corrected chi connectivity index (χ3v) is 2.88. The highest BCUT2D eigenvalue weighted by Gasteiger charge is 2.38. The maximum atomic E-state index is 11.0. The quantitative estimate of drug-likeness (QED) is 0.525. The van der Waals surface area contributed by atoms with Crippen molar-refractivity contribution in [1.82, 2.24) is 0 Å². The van der Waals surface area contributed by atoms with E-state index in [-0.39, 0.29) is 10.2 Å². The zero-order chi connectivity index (χ0) is 9.07. The first-order chi connectivity index (χ1) is 5.01. The summed E-state index contributed by atoms with van der Waals surface area (Å²) in [6.45, 7) is 3.57. The topological polar surface area (TPSA) is 34.1 Å². The maximum Gasteiger partial charge on any atom is 0.200 e. The Morgan fingerprint density at radius 3 is 1.36 bits per heavy atom. The minimum Gasteiger partial charge on any atom is -0.286 e. The molecule has 0 N–H and O–H groups in total. The molecular weight excluding hydrogens is 180 g/mol. The van der Waals surface area contributed by atoms with Crippen LogP contribution in [0, 0.1) is 5.41 Å². The Balaban J connectivity index is 4.76. The van der Waals surface area contributed by atoms with Gasteiger partial charge in [-0.25, -0.2) is 0 Å². The van der Waals surface area contributed by atoms with Gasteiger partial charge in [-0.1, -0.05) is 13.8 Å². The summed E-state index contributed by atoms with van der Waals surface area (Å²) in [7, 11) is 0. The maximum absolute atomic E-state index is 11.0. The predicted octanol–water partition coefficient (Wildman–Crippen LogP) is 1.71. The van der Waals surface area contributed by atoms with Gasteiger partial charge in [-0.2, -0.15) is 0 Å². The molecule has 0 aromatic heterocycles. The van der Waals surface area contributed by atoms with E-state index in [1.807, 2.05) is 0 Å². The number of hydrogen-bond donors (Lipinski definition) is 2. The molecule has 0 amide bonds. The Kier molecular flexibility index (Phi) is 4.18. The smallest absolute Gasteiger partial charge is 0.200 e.